The van der Waals surface area contributed by atoms with E-state index < -0.39 is 0 Å². The van der Waals surface area contributed by atoms with Crippen molar-refractivity contribution in [3.05, 3.63) is 35.4 Å². The average molecular weight is 272 g/mol. The van der Waals surface area contributed by atoms with E-state index >= 15 is 0 Å². The molecule has 2 atom stereocenters. The van der Waals surface area contributed by atoms with Gasteiger partial charge in [-0.15, -0.1) is 0 Å². The van der Waals surface area contributed by atoms with E-state index in [4.69, 9.17) is 4.74 Å². The summed E-state index contributed by atoms with van der Waals surface area (Å²) in [5, 5.41) is 0. The lowest BCUT2D eigenvalue weighted by atomic mass is 9.73. The minimum Gasteiger partial charge on any atom is -0.497 e. The average Bonchev–Trinajstić information content (AvgIpc) is 2.43. The summed E-state index contributed by atoms with van der Waals surface area (Å²) in [6.07, 6.45) is 4.19. The van der Waals surface area contributed by atoms with Crippen molar-refractivity contribution in [2.45, 2.75) is 33.6 Å². The number of carbonyl (C=O) groups is 1. The molecule has 108 valence electrons. The standard InChI is InChI=1S/C18H24O2/c1-12(2)16-10-5-13(3)17(18(16)19)11-14-6-8-15(20-4)9-7-14/h6-9,11-13,16H,5,10H2,1-4H3/b17-11-/t13-,16+/m0/s1. The third-order valence-electron chi connectivity index (χ3n) is 4.31. The van der Waals surface area contributed by atoms with Crippen molar-refractivity contribution in [2.75, 3.05) is 7.11 Å². The fourth-order valence-electron chi connectivity index (χ4n) is 2.90. The summed E-state index contributed by atoms with van der Waals surface area (Å²) < 4.78 is 5.16. The van der Waals surface area contributed by atoms with Crippen LogP contribution in [0.1, 0.15) is 39.2 Å². The SMILES string of the molecule is COc1ccc(/C=C2\C(=O)[C@@H](C(C)C)CC[C@@H]2C)cc1. The Morgan fingerprint density at radius 3 is 2.40 bits per heavy atom. The van der Waals surface area contributed by atoms with E-state index in [1.807, 2.05) is 24.3 Å². The number of ketones is 1. The van der Waals surface area contributed by atoms with Crippen LogP contribution in [-0.2, 0) is 4.79 Å². The molecule has 0 aliphatic heterocycles. The van der Waals surface area contributed by atoms with Crippen LogP contribution in [0.5, 0.6) is 5.75 Å². The summed E-state index contributed by atoms with van der Waals surface area (Å²) >= 11 is 0. The van der Waals surface area contributed by atoms with Crippen molar-refractivity contribution in [1.82, 2.24) is 0 Å². The second kappa shape index (κ2) is 6.25. The molecule has 0 radical (unpaired) electrons. The molecule has 0 bridgehead atoms. The van der Waals surface area contributed by atoms with Crippen LogP contribution in [0.4, 0.5) is 0 Å². The topological polar surface area (TPSA) is 26.3 Å². The Labute approximate surface area is 121 Å². The number of allylic oxidation sites excluding steroid dienone is 1. The first-order valence-electron chi connectivity index (χ1n) is 7.42. The first-order chi connectivity index (χ1) is 9.52. The van der Waals surface area contributed by atoms with Crippen LogP contribution < -0.4 is 4.74 Å². The highest BCUT2D eigenvalue weighted by atomic mass is 16.5. The number of Topliss-reactive ketones (excluding diaryl/α,β-unsaturated/α-hetero) is 1. The monoisotopic (exact) mass is 272 g/mol. The fourth-order valence-corrected chi connectivity index (χ4v) is 2.90. The van der Waals surface area contributed by atoms with Gasteiger partial charge in [-0.05, 0) is 54.0 Å². The minimum atomic E-state index is 0.190. The van der Waals surface area contributed by atoms with Gasteiger partial charge in [-0.1, -0.05) is 32.9 Å². The zero-order valence-electron chi connectivity index (χ0n) is 12.8. The molecule has 0 spiro atoms. The molecule has 0 unspecified atom stereocenters. The number of benzene rings is 1. The molecular weight excluding hydrogens is 248 g/mol. The van der Waals surface area contributed by atoms with Crippen LogP contribution in [0.3, 0.4) is 0 Å². The highest BCUT2D eigenvalue weighted by Gasteiger charge is 2.32. The van der Waals surface area contributed by atoms with Gasteiger partial charge in [-0.3, -0.25) is 4.79 Å². The van der Waals surface area contributed by atoms with Crippen molar-refractivity contribution < 1.29 is 9.53 Å². The van der Waals surface area contributed by atoms with E-state index in [-0.39, 0.29) is 5.92 Å². The molecule has 0 amide bonds. The minimum absolute atomic E-state index is 0.190. The molecule has 20 heavy (non-hydrogen) atoms. The molecule has 1 aromatic rings. The number of hydrogen-bond acceptors (Lipinski definition) is 2. The number of ether oxygens (including phenoxy) is 1. The predicted octanol–water partition coefficient (Wildman–Crippen LogP) is 4.35. The smallest absolute Gasteiger partial charge is 0.162 e. The third kappa shape index (κ3) is 3.12. The number of methoxy groups -OCH3 is 1. The first kappa shape index (κ1) is 14.8. The van der Waals surface area contributed by atoms with Crippen molar-refractivity contribution in [1.29, 1.82) is 0 Å². The Morgan fingerprint density at radius 2 is 1.85 bits per heavy atom. The molecule has 0 heterocycles. The fraction of sp³-hybridized carbons (Fsp3) is 0.500. The van der Waals surface area contributed by atoms with Gasteiger partial charge in [0.25, 0.3) is 0 Å². The molecule has 0 N–H and O–H groups in total. The molecule has 0 aromatic heterocycles. The molecule has 0 saturated heterocycles. The molecule has 2 nitrogen and oxygen atoms in total. The van der Waals surface area contributed by atoms with Gasteiger partial charge < -0.3 is 4.74 Å². The normalized spacial score (nSPS) is 25.2. The molecule has 1 aromatic carbocycles. The Kier molecular flexibility index (Phi) is 4.64. The first-order valence-corrected chi connectivity index (χ1v) is 7.42. The van der Waals surface area contributed by atoms with E-state index in [9.17, 15) is 4.79 Å². The van der Waals surface area contributed by atoms with Crippen LogP contribution in [0.15, 0.2) is 29.8 Å². The van der Waals surface area contributed by atoms with E-state index in [0.717, 1.165) is 29.7 Å². The highest BCUT2D eigenvalue weighted by molar-refractivity contribution is 6.02. The molecule has 1 fully saturated rings. The van der Waals surface area contributed by atoms with Crippen molar-refractivity contribution >= 4 is 11.9 Å². The second-order valence-corrected chi connectivity index (χ2v) is 6.07. The van der Waals surface area contributed by atoms with E-state index in [2.05, 4.69) is 26.8 Å². The number of rotatable bonds is 3. The van der Waals surface area contributed by atoms with Crippen LogP contribution >= 0.6 is 0 Å². The summed E-state index contributed by atoms with van der Waals surface area (Å²) in [6, 6.07) is 7.88. The summed E-state index contributed by atoms with van der Waals surface area (Å²) in [4.78, 5) is 12.6. The van der Waals surface area contributed by atoms with Gasteiger partial charge in [0.1, 0.15) is 5.75 Å². The molecule has 2 rings (SSSR count). The van der Waals surface area contributed by atoms with Crippen molar-refractivity contribution in [3.63, 3.8) is 0 Å². The largest absolute Gasteiger partial charge is 0.497 e. The van der Waals surface area contributed by atoms with Crippen LogP contribution in [0.25, 0.3) is 6.08 Å². The van der Waals surface area contributed by atoms with Gasteiger partial charge in [-0.2, -0.15) is 0 Å². The Bertz CT molecular complexity index is 497. The van der Waals surface area contributed by atoms with Crippen molar-refractivity contribution in [3.8, 4) is 5.75 Å². The lowest BCUT2D eigenvalue weighted by Gasteiger charge is -2.30. The predicted molar refractivity (Wildman–Crippen MR) is 82.7 cm³/mol. The molecular formula is C18H24O2. The van der Waals surface area contributed by atoms with Gasteiger partial charge in [0.2, 0.25) is 0 Å². The molecule has 1 aliphatic carbocycles. The van der Waals surface area contributed by atoms with Crippen LogP contribution in [0.2, 0.25) is 0 Å². The lowest BCUT2D eigenvalue weighted by molar-refractivity contribution is -0.122. The maximum absolute atomic E-state index is 12.6. The van der Waals surface area contributed by atoms with E-state index in [1.165, 1.54) is 0 Å². The summed E-state index contributed by atoms with van der Waals surface area (Å²) in [5.74, 6) is 2.16. The number of hydrogen-bond donors (Lipinski definition) is 0. The summed E-state index contributed by atoms with van der Waals surface area (Å²) in [7, 11) is 1.66. The number of carbonyl (C=O) groups excluding carboxylic acids is 1. The summed E-state index contributed by atoms with van der Waals surface area (Å²) in [5.41, 5.74) is 2.06. The van der Waals surface area contributed by atoms with Gasteiger partial charge in [-0.25, -0.2) is 0 Å². The second-order valence-electron chi connectivity index (χ2n) is 6.07. The van der Waals surface area contributed by atoms with Crippen molar-refractivity contribution in [2.24, 2.45) is 17.8 Å². The third-order valence-corrected chi connectivity index (χ3v) is 4.31. The lowest BCUT2D eigenvalue weighted by Crippen LogP contribution is -2.30. The highest BCUT2D eigenvalue weighted by Crippen LogP contribution is 2.35. The van der Waals surface area contributed by atoms with Gasteiger partial charge >= 0.3 is 0 Å². The Morgan fingerprint density at radius 1 is 1.20 bits per heavy atom. The Hall–Kier alpha value is -1.57. The van der Waals surface area contributed by atoms with E-state index in [1.54, 1.807) is 7.11 Å². The zero-order chi connectivity index (χ0) is 14.7. The summed E-state index contributed by atoms with van der Waals surface area (Å²) in [6.45, 7) is 6.44. The molecule has 1 saturated carbocycles. The van der Waals surface area contributed by atoms with Crippen LogP contribution in [-0.4, -0.2) is 12.9 Å². The maximum Gasteiger partial charge on any atom is 0.162 e. The van der Waals surface area contributed by atoms with Gasteiger partial charge in [0.15, 0.2) is 5.78 Å². The molecule has 2 heteroatoms. The quantitative estimate of drug-likeness (QED) is 0.765. The van der Waals surface area contributed by atoms with Gasteiger partial charge in [0, 0.05) is 5.92 Å². The zero-order valence-corrected chi connectivity index (χ0v) is 12.8. The molecule has 1 aliphatic rings. The Balaban J connectivity index is 2.27. The van der Waals surface area contributed by atoms with Gasteiger partial charge in [0.05, 0.1) is 7.11 Å². The maximum atomic E-state index is 12.6. The van der Waals surface area contributed by atoms with E-state index in [0.29, 0.717) is 17.6 Å². The van der Waals surface area contributed by atoms with Crippen LogP contribution in [0, 0.1) is 17.8 Å².